The van der Waals surface area contributed by atoms with Crippen molar-refractivity contribution in [3.63, 3.8) is 0 Å². The van der Waals surface area contributed by atoms with E-state index in [1.54, 1.807) is 7.11 Å². The molecule has 0 unspecified atom stereocenters. The minimum absolute atomic E-state index is 0.468. The fourth-order valence-electron chi connectivity index (χ4n) is 3.27. The van der Waals surface area contributed by atoms with Crippen molar-refractivity contribution in [1.82, 2.24) is 0 Å². The lowest BCUT2D eigenvalue weighted by Gasteiger charge is -2.26. The summed E-state index contributed by atoms with van der Waals surface area (Å²) < 4.78 is 71.3. The maximum absolute atomic E-state index is 5.87. The molecule has 13 nitrogen and oxygen atoms in total. The third-order valence-electron chi connectivity index (χ3n) is 5.34. The Labute approximate surface area is 266 Å². The zero-order valence-electron chi connectivity index (χ0n) is 27.1. The smallest absolute Gasteiger partial charge is 0.314 e. The Bertz CT molecular complexity index is 525. The SMILES string of the molecule is COCCOCCOCCOCCOCCOCCOCCOCCOCCOCCOCCC[Si](C)(O[Si]C)O[Si]C. The Morgan fingerprint density at radius 1 is 0.372 bits per heavy atom. The second kappa shape index (κ2) is 36.6. The van der Waals surface area contributed by atoms with Crippen molar-refractivity contribution in [2.75, 3.05) is 146 Å². The molecular formula is C27H58O13Si3. The normalized spacial score (nSPS) is 12.0. The van der Waals surface area contributed by atoms with Crippen molar-refractivity contribution in [1.29, 1.82) is 0 Å². The molecule has 0 bridgehead atoms. The molecule has 0 fully saturated rings. The topological polar surface area (TPSA) is 120 Å². The molecule has 0 aromatic carbocycles. The van der Waals surface area contributed by atoms with Crippen LogP contribution < -0.4 is 0 Å². The summed E-state index contributed by atoms with van der Waals surface area (Å²) in [5, 5.41) is 0. The lowest BCUT2D eigenvalue weighted by molar-refractivity contribution is -0.0270. The van der Waals surface area contributed by atoms with Crippen molar-refractivity contribution in [3.05, 3.63) is 0 Å². The molecule has 0 aliphatic rings. The molecule has 0 aliphatic carbocycles. The molecule has 43 heavy (non-hydrogen) atoms. The summed E-state index contributed by atoms with van der Waals surface area (Å²) in [5.41, 5.74) is 0. The third kappa shape index (κ3) is 34.8. The highest BCUT2D eigenvalue weighted by Crippen LogP contribution is 2.14. The van der Waals surface area contributed by atoms with E-state index >= 15 is 0 Å². The number of methoxy groups -OCH3 is 1. The third-order valence-corrected chi connectivity index (χ3v) is 11.7. The van der Waals surface area contributed by atoms with Gasteiger partial charge in [-0.1, -0.05) is 0 Å². The molecule has 0 heterocycles. The number of hydrogen-bond donors (Lipinski definition) is 0. The van der Waals surface area contributed by atoms with Gasteiger partial charge >= 0.3 is 8.56 Å². The Balaban J connectivity index is 3.14. The molecule has 0 spiro atoms. The number of rotatable bonds is 38. The van der Waals surface area contributed by atoms with E-state index < -0.39 is 8.56 Å². The van der Waals surface area contributed by atoms with Gasteiger partial charge in [0.05, 0.1) is 132 Å². The first kappa shape index (κ1) is 43.1. The highest BCUT2D eigenvalue weighted by molar-refractivity contribution is 6.74. The summed E-state index contributed by atoms with van der Waals surface area (Å²) in [6.07, 6.45) is 0.943. The number of hydrogen-bond acceptors (Lipinski definition) is 13. The van der Waals surface area contributed by atoms with Crippen LogP contribution in [0.5, 0.6) is 0 Å². The summed E-state index contributed by atoms with van der Waals surface area (Å²) in [7, 11) is 0.571. The quantitative estimate of drug-likeness (QED) is 0.0698. The second-order valence-corrected chi connectivity index (χ2v) is 14.2. The fraction of sp³-hybridized carbons (Fsp3) is 1.00. The van der Waals surface area contributed by atoms with Crippen molar-refractivity contribution in [3.8, 4) is 0 Å². The average molecular weight is 675 g/mol. The van der Waals surface area contributed by atoms with Gasteiger partial charge in [0, 0.05) is 13.7 Å². The molecular weight excluding hydrogens is 617 g/mol. The zero-order chi connectivity index (χ0) is 31.4. The lowest BCUT2D eigenvalue weighted by Crippen LogP contribution is -2.40. The predicted molar refractivity (Wildman–Crippen MR) is 167 cm³/mol. The van der Waals surface area contributed by atoms with E-state index in [2.05, 4.69) is 6.55 Å². The van der Waals surface area contributed by atoms with E-state index in [0.29, 0.717) is 158 Å². The van der Waals surface area contributed by atoms with Crippen LogP contribution >= 0.6 is 0 Å². The van der Waals surface area contributed by atoms with Crippen LogP contribution in [0.25, 0.3) is 0 Å². The highest BCUT2D eigenvalue weighted by Gasteiger charge is 2.29. The molecule has 0 rings (SSSR count). The van der Waals surface area contributed by atoms with Gasteiger partial charge in [0.2, 0.25) is 19.5 Å². The van der Waals surface area contributed by atoms with Crippen LogP contribution in [-0.4, -0.2) is 174 Å². The molecule has 0 N–H and O–H groups in total. The van der Waals surface area contributed by atoms with Gasteiger partial charge in [0.15, 0.2) is 0 Å². The molecule has 0 saturated heterocycles. The van der Waals surface area contributed by atoms with Gasteiger partial charge in [-0.3, -0.25) is 0 Å². The molecule has 256 valence electrons. The van der Waals surface area contributed by atoms with Gasteiger partial charge in [0.25, 0.3) is 0 Å². The molecule has 0 amide bonds. The van der Waals surface area contributed by atoms with Gasteiger partial charge < -0.3 is 60.3 Å². The largest absolute Gasteiger partial charge is 0.436 e. The van der Waals surface area contributed by atoms with Gasteiger partial charge in [-0.05, 0) is 32.1 Å². The van der Waals surface area contributed by atoms with Crippen LogP contribution in [0.4, 0.5) is 0 Å². The van der Waals surface area contributed by atoms with Gasteiger partial charge in [0.1, 0.15) is 0 Å². The van der Waals surface area contributed by atoms with Gasteiger partial charge in [-0.2, -0.15) is 0 Å². The standard InChI is InChI=1S/C27H58O13Si3/c1-28-7-8-30-11-12-32-15-16-34-19-20-36-23-24-38-26-25-37-22-21-35-18-17-33-14-13-31-10-9-29-6-5-27-43(4,39-41-2)40-42-3/h5-27H2,1-4H3. The first-order valence-electron chi connectivity index (χ1n) is 15.1. The Morgan fingerprint density at radius 3 is 0.837 bits per heavy atom. The van der Waals surface area contributed by atoms with Crippen LogP contribution in [-0.2, 0) is 60.3 Å². The van der Waals surface area contributed by atoms with Crippen LogP contribution in [0, 0.1) is 0 Å². The number of ether oxygens (including phenoxy) is 11. The average Bonchev–Trinajstić information content (AvgIpc) is 3.00. The van der Waals surface area contributed by atoms with E-state index in [1.165, 1.54) is 0 Å². The van der Waals surface area contributed by atoms with Gasteiger partial charge in [-0.15, -0.1) is 0 Å². The van der Waals surface area contributed by atoms with E-state index in [-0.39, 0.29) is 0 Å². The van der Waals surface area contributed by atoms with E-state index in [9.17, 15) is 0 Å². The maximum atomic E-state index is 5.87. The van der Waals surface area contributed by atoms with Crippen molar-refractivity contribution < 1.29 is 60.3 Å². The summed E-state index contributed by atoms with van der Waals surface area (Å²) in [6, 6.07) is 0.950. The molecule has 0 atom stereocenters. The van der Waals surface area contributed by atoms with Crippen molar-refractivity contribution >= 4 is 28.1 Å². The van der Waals surface area contributed by atoms with Crippen LogP contribution in [0.2, 0.25) is 25.7 Å². The fourth-order valence-corrected chi connectivity index (χ4v) is 8.87. The molecule has 4 radical (unpaired) electrons. The van der Waals surface area contributed by atoms with Crippen LogP contribution in [0.3, 0.4) is 0 Å². The van der Waals surface area contributed by atoms with E-state index in [0.717, 1.165) is 12.5 Å². The van der Waals surface area contributed by atoms with Crippen LogP contribution in [0.15, 0.2) is 0 Å². The highest BCUT2D eigenvalue weighted by atomic mass is 28.4. The summed E-state index contributed by atoms with van der Waals surface area (Å²) >= 11 is 0. The van der Waals surface area contributed by atoms with Crippen LogP contribution in [0.1, 0.15) is 6.42 Å². The Morgan fingerprint density at radius 2 is 0.605 bits per heavy atom. The maximum Gasteiger partial charge on any atom is 0.314 e. The summed E-state index contributed by atoms with van der Waals surface area (Å²) in [4.78, 5) is 0. The molecule has 16 heteroatoms. The minimum atomic E-state index is -2.01. The first-order chi connectivity index (χ1) is 21.2. The Hall–Kier alpha value is 0.131. The molecule has 0 aliphatic heterocycles. The second-order valence-electron chi connectivity index (χ2n) is 8.97. The molecule has 0 aromatic heterocycles. The Kier molecular flexibility index (Phi) is 36.7. The monoisotopic (exact) mass is 674 g/mol. The summed E-state index contributed by atoms with van der Waals surface area (Å²) in [6.45, 7) is 17.7. The van der Waals surface area contributed by atoms with Crippen molar-refractivity contribution in [2.24, 2.45) is 0 Å². The zero-order valence-corrected chi connectivity index (χ0v) is 30.1. The molecule has 0 saturated carbocycles. The van der Waals surface area contributed by atoms with Crippen molar-refractivity contribution in [2.45, 2.75) is 32.1 Å². The first-order valence-corrected chi connectivity index (χ1v) is 20.5. The minimum Gasteiger partial charge on any atom is -0.436 e. The van der Waals surface area contributed by atoms with E-state index in [1.807, 2.05) is 13.1 Å². The summed E-state index contributed by atoms with van der Waals surface area (Å²) in [5.74, 6) is 0. The van der Waals surface area contributed by atoms with E-state index in [4.69, 9.17) is 60.3 Å². The lowest BCUT2D eigenvalue weighted by atomic mass is 10.5. The van der Waals surface area contributed by atoms with Gasteiger partial charge in [-0.25, -0.2) is 0 Å². The predicted octanol–water partition coefficient (Wildman–Crippen LogP) is 1.63. The molecule has 0 aromatic rings.